The van der Waals surface area contributed by atoms with E-state index in [0.717, 1.165) is 0 Å². The van der Waals surface area contributed by atoms with Gasteiger partial charge in [-0.3, -0.25) is 0 Å². The summed E-state index contributed by atoms with van der Waals surface area (Å²) in [6, 6.07) is 8.47. The lowest BCUT2D eigenvalue weighted by molar-refractivity contribution is 0.592. The third kappa shape index (κ3) is 1.24. The fourth-order valence-electron chi connectivity index (χ4n) is 2.13. The molecule has 1 aromatic rings. The van der Waals surface area contributed by atoms with Gasteiger partial charge in [-0.1, -0.05) is 31.7 Å². The Morgan fingerprint density at radius 2 is 1.93 bits per heavy atom. The van der Waals surface area contributed by atoms with E-state index >= 15 is 0 Å². The molecule has 0 amide bonds. The van der Waals surface area contributed by atoms with Crippen LogP contribution in [0.5, 0.6) is 0 Å². The average Bonchev–Trinajstić information content (AvgIpc) is 2.14. The summed E-state index contributed by atoms with van der Waals surface area (Å²) in [5.41, 5.74) is 3.87. The highest BCUT2D eigenvalue weighted by atomic mass is 15.0. The van der Waals surface area contributed by atoms with Crippen molar-refractivity contribution in [3.05, 3.63) is 42.0 Å². The minimum absolute atomic E-state index is 0.00771. The maximum Gasteiger partial charge on any atom is 0.0532 e. The van der Waals surface area contributed by atoms with Crippen molar-refractivity contribution in [1.82, 2.24) is 0 Å². The Bertz CT molecular complexity index is 377. The number of benzene rings is 1. The lowest BCUT2D eigenvalue weighted by Gasteiger charge is -2.39. The van der Waals surface area contributed by atoms with Gasteiger partial charge in [-0.25, -0.2) is 0 Å². The summed E-state index contributed by atoms with van der Waals surface area (Å²) in [5.74, 6) is 0.447. The first-order valence-electron chi connectivity index (χ1n) is 5.09. The van der Waals surface area contributed by atoms with Crippen molar-refractivity contribution < 1.29 is 0 Å². The number of anilines is 1. The Labute approximate surface area is 85.8 Å². The molecule has 1 unspecified atom stereocenters. The van der Waals surface area contributed by atoms with Gasteiger partial charge in [0.2, 0.25) is 0 Å². The molecule has 1 heterocycles. The zero-order valence-corrected chi connectivity index (χ0v) is 9.09. The molecule has 0 saturated carbocycles. The lowest BCUT2D eigenvalue weighted by Crippen LogP contribution is -2.38. The Morgan fingerprint density at radius 3 is 2.64 bits per heavy atom. The van der Waals surface area contributed by atoms with Gasteiger partial charge in [0.15, 0.2) is 0 Å². The van der Waals surface area contributed by atoms with E-state index in [-0.39, 0.29) is 5.54 Å². The molecule has 0 saturated heterocycles. The van der Waals surface area contributed by atoms with Gasteiger partial charge >= 0.3 is 0 Å². The van der Waals surface area contributed by atoms with Crippen molar-refractivity contribution in [2.24, 2.45) is 0 Å². The molecule has 0 aromatic heterocycles. The van der Waals surface area contributed by atoms with Crippen molar-refractivity contribution >= 4 is 5.69 Å². The van der Waals surface area contributed by atoms with Gasteiger partial charge in [-0.05, 0) is 31.1 Å². The normalized spacial score (nSPS) is 23.9. The summed E-state index contributed by atoms with van der Waals surface area (Å²) in [7, 11) is 0. The largest absolute Gasteiger partial charge is 0.376 e. The van der Waals surface area contributed by atoms with Gasteiger partial charge in [-0.15, -0.1) is 0 Å². The fourth-order valence-corrected chi connectivity index (χ4v) is 2.13. The Kier molecular flexibility index (Phi) is 1.91. The Hall–Kier alpha value is -1.24. The number of nitrogens with one attached hydrogen (secondary N) is 1. The van der Waals surface area contributed by atoms with Gasteiger partial charge in [-0.2, -0.15) is 0 Å². The number of fused-ring (bicyclic) bond motifs is 1. The van der Waals surface area contributed by atoms with Crippen LogP contribution in [0.3, 0.4) is 0 Å². The molecule has 1 atom stereocenters. The highest BCUT2D eigenvalue weighted by Gasteiger charge is 2.32. The second-order valence-corrected chi connectivity index (χ2v) is 4.58. The van der Waals surface area contributed by atoms with E-state index in [1.807, 2.05) is 0 Å². The molecular formula is C13H17N. The molecule has 74 valence electrons. The predicted octanol–water partition coefficient (Wildman–Crippen LogP) is 3.55. The molecule has 0 fully saturated rings. The second kappa shape index (κ2) is 2.88. The van der Waals surface area contributed by atoms with Gasteiger partial charge in [0, 0.05) is 11.6 Å². The maximum atomic E-state index is 4.18. The van der Waals surface area contributed by atoms with Crippen LogP contribution in [0, 0.1) is 0 Å². The van der Waals surface area contributed by atoms with Crippen molar-refractivity contribution in [2.45, 2.75) is 32.2 Å². The van der Waals surface area contributed by atoms with Crippen LogP contribution in [-0.2, 0) is 0 Å². The van der Waals surface area contributed by atoms with E-state index in [9.17, 15) is 0 Å². The van der Waals surface area contributed by atoms with Crippen LogP contribution in [0.2, 0.25) is 0 Å². The first kappa shape index (κ1) is 9.32. The molecule has 1 aromatic carbocycles. The van der Waals surface area contributed by atoms with Gasteiger partial charge in [0.25, 0.3) is 0 Å². The fraction of sp³-hybridized carbons (Fsp3) is 0.385. The molecule has 1 N–H and O–H groups in total. The molecule has 1 aliphatic heterocycles. The zero-order valence-electron chi connectivity index (χ0n) is 9.09. The first-order chi connectivity index (χ1) is 6.52. The third-order valence-electron chi connectivity index (χ3n) is 3.20. The molecule has 1 heteroatoms. The molecule has 0 bridgehead atoms. The molecular weight excluding hydrogens is 170 g/mol. The van der Waals surface area contributed by atoms with Crippen molar-refractivity contribution in [3.63, 3.8) is 0 Å². The van der Waals surface area contributed by atoms with Crippen molar-refractivity contribution in [1.29, 1.82) is 0 Å². The second-order valence-electron chi connectivity index (χ2n) is 4.58. The van der Waals surface area contributed by atoms with E-state index in [0.29, 0.717) is 5.92 Å². The standard InChI is InChI=1S/C13H17N/c1-9-10(2)13(3,4)14-12-8-6-5-7-11(9)12/h5-9,14H,2H2,1,3-4H3. The maximum absolute atomic E-state index is 4.18. The van der Waals surface area contributed by atoms with Gasteiger partial charge < -0.3 is 5.32 Å². The molecule has 14 heavy (non-hydrogen) atoms. The van der Waals surface area contributed by atoms with E-state index in [2.05, 4.69) is 56.9 Å². The summed E-state index contributed by atoms with van der Waals surface area (Å²) in [5, 5.41) is 3.52. The lowest BCUT2D eigenvalue weighted by atomic mass is 9.78. The van der Waals surface area contributed by atoms with E-state index in [4.69, 9.17) is 0 Å². The number of hydrogen-bond acceptors (Lipinski definition) is 1. The zero-order chi connectivity index (χ0) is 10.3. The highest BCUT2D eigenvalue weighted by Crippen LogP contribution is 2.41. The molecule has 0 spiro atoms. The Balaban J connectivity index is 2.53. The molecule has 1 nitrogen and oxygen atoms in total. The van der Waals surface area contributed by atoms with Gasteiger partial charge in [0.1, 0.15) is 0 Å². The molecule has 2 rings (SSSR count). The molecule has 0 radical (unpaired) electrons. The number of hydrogen-bond donors (Lipinski definition) is 1. The average molecular weight is 187 g/mol. The molecule has 1 aliphatic rings. The monoisotopic (exact) mass is 187 g/mol. The van der Waals surface area contributed by atoms with E-state index in [1.165, 1.54) is 16.8 Å². The summed E-state index contributed by atoms with van der Waals surface area (Å²) >= 11 is 0. The first-order valence-corrected chi connectivity index (χ1v) is 5.09. The van der Waals surface area contributed by atoms with Crippen LogP contribution < -0.4 is 5.32 Å². The van der Waals surface area contributed by atoms with Crippen LogP contribution in [0.15, 0.2) is 36.4 Å². The minimum Gasteiger partial charge on any atom is -0.376 e. The smallest absolute Gasteiger partial charge is 0.0532 e. The van der Waals surface area contributed by atoms with Crippen LogP contribution in [0.25, 0.3) is 0 Å². The van der Waals surface area contributed by atoms with Crippen LogP contribution in [-0.4, -0.2) is 5.54 Å². The minimum atomic E-state index is 0.00771. The van der Waals surface area contributed by atoms with Crippen LogP contribution in [0.1, 0.15) is 32.3 Å². The van der Waals surface area contributed by atoms with E-state index < -0.39 is 0 Å². The topological polar surface area (TPSA) is 12.0 Å². The van der Waals surface area contributed by atoms with Crippen LogP contribution in [0.4, 0.5) is 5.69 Å². The number of para-hydroxylation sites is 1. The highest BCUT2D eigenvalue weighted by molar-refractivity contribution is 5.62. The van der Waals surface area contributed by atoms with Crippen molar-refractivity contribution in [2.75, 3.05) is 5.32 Å². The third-order valence-corrected chi connectivity index (χ3v) is 3.20. The van der Waals surface area contributed by atoms with Crippen molar-refractivity contribution in [3.8, 4) is 0 Å². The molecule has 0 aliphatic carbocycles. The van der Waals surface area contributed by atoms with Crippen LogP contribution >= 0.6 is 0 Å². The van der Waals surface area contributed by atoms with Gasteiger partial charge in [0.05, 0.1) is 5.54 Å². The Morgan fingerprint density at radius 1 is 1.29 bits per heavy atom. The number of rotatable bonds is 0. The predicted molar refractivity (Wildman–Crippen MR) is 61.7 cm³/mol. The summed E-state index contributed by atoms with van der Waals surface area (Å²) in [6.07, 6.45) is 0. The quantitative estimate of drug-likeness (QED) is 0.612. The summed E-state index contributed by atoms with van der Waals surface area (Å²) in [6.45, 7) is 10.8. The summed E-state index contributed by atoms with van der Waals surface area (Å²) < 4.78 is 0. The van der Waals surface area contributed by atoms with E-state index in [1.54, 1.807) is 0 Å². The SMILES string of the molecule is C=C1C(C)c2ccccc2NC1(C)C. The summed E-state index contributed by atoms with van der Waals surface area (Å²) in [4.78, 5) is 0.